The van der Waals surface area contributed by atoms with Gasteiger partial charge in [0, 0.05) is 5.69 Å². The second kappa shape index (κ2) is 9.65. The maximum absolute atomic E-state index is 13.3. The Labute approximate surface area is 203 Å². The van der Waals surface area contributed by atoms with E-state index in [-0.39, 0.29) is 28.3 Å². The van der Waals surface area contributed by atoms with Crippen LogP contribution in [0.1, 0.15) is 17.2 Å². The first kappa shape index (κ1) is 24.6. The van der Waals surface area contributed by atoms with Crippen molar-refractivity contribution < 1.29 is 42.1 Å². The Bertz CT molecular complexity index is 1300. The fourth-order valence-corrected chi connectivity index (χ4v) is 4.08. The first-order chi connectivity index (χ1) is 17.2. The Morgan fingerprint density at radius 1 is 0.861 bits per heavy atom. The van der Waals surface area contributed by atoms with E-state index in [4.69, 9.17) is 9.47 Å². The molecule has 0 saturated carbocycles. The number of ketones is 1. The highest BCUT2D eigenvalue weighted by Gasteiger charge is 2.47. The number of amides is 1. The molecule has 7 nitrogen and oxygen atoms in total. The summed E-state index contributed by atoms with van der Waals surface area (Å²) in [6.07, 6.45) is -4.89. The van der Waals surface area contributed by atoms with Crippen LogP contribution in [0, 0.1) is 0 Å². The lowest BCUT2D eigenvalue weighted by molar-refractivity contribution is -0.274. The SMILES string of the molecule is COc1cccc(OC)c1/C(O)=C1\C(=O)C(=O)N(c2ccc(OC(F)(F)F)cc2)C1c1ccccc1. The number of carbonyl (C=O) groups excluding carboxylic acids is 2. The molecule has 0 bridgehead atoms. The number of halogens is 3. The summed E-state index contributed by atoms with van der Waals surface area (Å²) in [5.41, 5.74) is 0.467. The van der Waals surface area contributed by atoms with Crippen LogP contribution in [0.15, 0.2) is 78.4 Å². The van der Waals surface area contributed by atoms with Crippen LogP contribution < -0.4 is 19.1 Å². The average Bonchev–Trinajstić information content (AvgIpc) is 3.13. The molecule has 3 aromatic rings. The van der Waals surface area contributed by atoms with Crippen LogP contribution in [-0.4, -0.2) is 37.4 Å². The molecule has 1 aliphatic heterocycles. The van der Waals surface area contributed by atoms with E-state index in [1.54, 1.807) is 48.5 Å². The molecule has 10 heteroatoms. The largest absolute Gasteiger partial charge is 0.573 e. The lowest BCUT2D eigenvalue weighted by Crippen LogP contribution is -2.29. The van der Waals surface area contributed by atoms with Crippen molar-refractivity contribution in [2.24, 2.45) is 0 Å². The first-order valence-electron chi connectivity index (χ1n) is 10.6. The minimum Gasteiger partial charge on any atom is -0.506 e. The van der Waals surface area contributed by atoms with Crippen LogP contribution in [0.5, 0.6) is 17.2 Å². The number of hydrogen-bond acceptors (Lipinski definition) is 6. The third-order valence-electron chi connectivity index (χ3n) is 5.57. The minimum absolute atomic E-state index is 0.0790. The second-order valence-corrected chi connectivity index (χ2v) is 7.66. The molecule has 3 aromatic carbocycles. The molecule has 0 radical (unpaired) electrons. The van der Waals surface area contributed by atoms with E-state index in [0.717, 1.165) is 17.0 Å². The Morgan fingerprint density at radius 3 is 1.97 bits per heavy atom. The zero-order valence-electron chi connectivity index (χ0n) is 19.1. The van der Waals surface area contributed by atoms with Crippen molar-refractivity contribution in [1.29, 1.82) is 0 Å². The molecule has 0 aromatic heterocycles. The summed E-state index contributed by atoms with van der Waals surface area (Å²) in [6, 6.07) is 16.6. The van der Waals surface area contributed by atoms with Crippen LogP contribution in [0.25, 0.3) is 5.76 Å². The topological polar surface area (TPSA) is 85.3 Å². The van der Waals surface area contributed by atoms with Gasteiger partial charge >= 0.3 is 6.36 Å². The van der Waals surface area contributed by atoms with Crippen LogP contribution in [0.4, 0.5) is 18.9 Å². The maximum atomic E-state index is 13.3. The summed E-state index contributed by atoms with van der Waals surface area (Å²) >= 11 is 0. The van der Waals surface area contributed by atoms with Crippen LogP contribution in [0.3, 0.4) is 0 Å². The van der Waals surface area contributed by atoms with Crippen molar-refractivity contribution in [3.05, 3.63) is 89.5 Å². The van der Waals surface area contributed by atoms with E-state index in [9.17, 15) is 27.9 Å². The molecule has 1 atom stereocenters. The molecule has 1 saturated heterocycles. The Kier molecular flexibility index (Phi) is 6.61. The Hall–Kier alpha value is -4.47. The third kappa shape index (κ3) is 4.57. The van der Waals surface area contributed by atoms with Crippen molar-refractivity contribution in [3.63, 3.8) is 0 Å². The fraction of sp³-hybridized carbons (Fsp3) is 0.154. The van der Waals surface area contributed by atoms with Crippen LogP contribution in [0.2, 0.25) is 0 Å². The molecule has 1 amide bonds. The normalized spacial score (nSPS) is 17.2. The number of carbonyl (C=O) groups is 2. The number of hydrogen-bond donors (Lipinski definition) is 1. The Morgan fingerprint density at radius 2 is 1.44 bits per heavy atom. The summed E-state index contributed by atoms with van der Waals surface area (Å²) < 4.78 is 52.3. The van der Waals surface area contributed by atoms with Gasteiger partial charge < -0.3 is 19.3 Å². The zero-order chi connectivity index (χ0) is 26.0. The van der Waals surface area contributed by atoms with Crippen molar-refractivity contribution in [3.8, 4) is 17.2 Å². The highest BCUT2D eigenvalue weighted by Crippen LogP contribution is 2.45. The van der Waals surface area contributed by atoms with E-state index < -0.39 is 35.6 Å². The molecule has 1 fully saturated rings. The van der Waals surface area contributed by atoms with E-state index in [1.807, 2.05) is 0 Å². The van der Waals surface area contributed by atoms with Gasteiger partial charge in [0.15, 0.2) is 0 Å². The van der Waals surface area contributed by atoms with E-state index in [2.05, 4.69) is 4.74 Å². The van der Waals surface area contributed by atoms with Crippen molar-refractivity contribution in [2.75, 3.05) is 19.1 Å². The summed E-state index contributed by atoms with van der Waals surface area (Å²) in [5, 5.41) is 11.4. The van der Waals surface area contributed by atoms with Gasteiger partial charge in [-0.1, -0.05) is 36.4 Å². The van der Waals surface area contributed by atoms with Crippen LogP contribution >= 0.6 is 0 Å². The van der Waals surface area contributed by atoms with Gasteiger partial charge in [-0.15, -0.1) is 13.2 Å². The summed E-state index contributed by atoms with van der Waals surface area (Å²) in [6.45, 7) is 0. The molecule has 36 heavy (non-hydrogen) atoms. The second-order valence-electron chi connectivity index (χ2n) is 7.66. The lowest BCUT2D eigenvalue weighted by atomic mass is 9.94. The number of aliphatic hydroxyl groups is 1. The average molecular weight is 499 g/mol. The lowest BCUT2D eigenvalue weighted by Gasteiger charge is -2.26. The molecule has 186 valence electrons. The van der Waals surface area contributed by atoms with Gasteiger partial charge in [-0.2, -0.15) is 0 Å². The number of rotatable bonds is 6. The van der Waals surface area contributed by atoms with Crippen molar-refractivity contribution >= 4 is 23.1 Å². The quantitative estimate of drug-likeness (QED) is 0.284. The van der Waals surface area contributed by atoms with E-state index in [0.29, 0.717) is 5.56 Å². The van der Waals surface area contributed by atoms with Gasteiger partial charge in [-0.25, -0.2) is 0 Å². The number of benzene rings is 3. The number of alkyl halides is 3. The summed E-state index contributed by atoms with van der Waals surface area (Å²) in [4.78, 5) is 27.6. The number of anilines is 1. The highest BCUT2D eigenvalue weighted by molar-refractivity contribution is 6.51. The highest BCUT2D eigenvalue weighted by atomic mass is 19.4. The molecule has 0 aliphatic carbocycles. The minimum atomic E-state index is -4.89. The monoisotopic (exact) mass is 499 g/mol. The van der Waals surface area contributed by atoms with Gasteiger partial charge in [0.25, 0.3) is 11.7 Å². The number of ether oxygens (including phenoxy) is 3. The maximum Gasteiger partial charge on any atom is 0.573 e. The first-order valence-corrected chi connectivity index (χ1v) is 10.6. The number of Topliss-reactive ketones (excluding diaryl/α,β-unsaturated/α-hetero) is 1. The van der Waals surface area contributed by atoms with E-state index in [1.165, 1.54) is 26.4 Å². The Balaban J connectivity index is 1.90. The van der Waals surface area contributed by atoms with Gasteiger partial charge in [0.05, 0.1) is 25.8 Å². The molecular weight excluding hydrogens is 479 g/mol. The summed E-state index contributed by atoms with van der Waals surface area (Å²) in [5.74, 6) is -2.54. The smallest absolute Gasteiger partial charge is 0.506 e. The van der Waals surface area contributed by atoms with Gasteiger partial charge in [-0.05, 0) is 42.0 Å². The molecular formula is C26H20F3NO6. The molecule has 1 unspecified atom stereocenters. The molecule has 1 aliphatic rings. The standard InChI is InChI=1S/C26H20F3NO6/c1-34-18-9-6-10-19(35-2)20(18)23(31)21-22(15-7-4-3-5-8-15)30(25(33)24(21)32)16-11-13-17(14-12-16)36-26(27,28)29/h3-14,22,31H,1-2H3/b23-21+. The van der Waals surface area contributed by atoms with Gasteiger partial charge in [0.1, 0.15) is 28.6 Å². The molecule has 4 rings (SSSR count). The molecule has 0 spiro atoms. The van der Waals surface area contributed by atoms with Gasteiger partial charge in [-0.3, -0.25) is 14.5 Å². The summed E-state index contributed by atoms with van der Waals surface area (Å²) in [7, 11) is 2.76. The number of methoxy groups -OCH3 is 2. The molecule has 1 N–H and O–H groups in total. The number of aliphatic hydroxyl groups excluding tert-OH is 1. The van der Waals surface area contributed by atoms with E-state index >= 15 is 0 Å². The molecule has 1 heterocycles. The van der Waals surface area contributed by atoms with Gasteiger partial charge in [0.2, 0.25) is 0 Å². The predicted molar refractivity (Wildman–Crippen MR) is 124 cm³/mol. The van der Waals surface area contributed by atoms with Crippen molar-refractivity contribution in [2.45, 2.75) is 12.4 Å². The third-order valence-corrected chi connectivity index (χ3v) is 5.57. The van der Waals surface area contributed by atoms with Crippen LogP contribution in [-0.2, 0) is 9.59 Å². The predicted octanol–water partition coefficient (Wildman–Crippen LogP) is 5.23. The fourth-order valence-electron chi connectivity index (χ4n) is 4.08. The number of nitrogens with zero attached hydrogens (tertiary/aromatic N) is 1. The zero-order valence-corrected chi connectivity index (χ0v) is 19.1. The van der Waals surface area contributed by atoms with Crippen molar-refractivity contribution in [1.82, 2.24) is 0 Å².